The lowest BCUT2D eigenvalue weighted by Crippen LogP contribution is -2.50. The number of aromatic nitrogens is 4. The molecule has 0 radical (unpaired) electrons. The summed E-state index contributed by atoms with van der Waals surface area (Å²) in [4.78, 5) is 29.2. The summed E-state index contributed by atoms with van der Waals surface area (Å²) in [5.74, 6) is 2.36. The third-order valence-electron chi connectivity index (χ3n) is 4.64. The second-order valence-corrected chi connectivity index (χ2v) is 6.34. The van der Waals surface area contributed by atoms with Gasteiger partial charge in [0.05, 0.1) is 7.11 Å². The van der Waals surface area contributed by atoms with Crippen molar-refractivity contribution in [2.24, 2.45) is 0 Å². The first kappa shape index (κ1) is 17.8. The van der Waals surface area contributed by atoms with E-state index in [2.05, 4.69) is 25.2 Å². The highest BCUT2D eigenvalue weighted by atomic mass is 16.5. The van der Waals surface area contributed by atoms with Crippen LogP contribution in [0.3, 0.4) is 0 Å². The van der Waals surface area contributed by atoms with Gasteiger partial charge >= 0.3 is 6.03 Å². The molecule has 28 heavy (non-hydrogen) atoms. The van der Waals surface area contributed by atoms with Gasteiger partial charge in [-0.2, -0.15) is 0 Å². The average Bonchev–Trinajstić information content (AvgIpc) is 3.29. The van der Waals surface area contributed by atoms with Crippen LogP contribution in [0, 0.1) is 0 Å². The Morgan fingerprint density at radius 2 is 1.82 bits per heavy atom. The van der Waals surface area contributed by atoms with Crippen molar-refractivity contribution in [1.82, 2.24) is 24.4 Å². The Morgan fingerprint density at radius 3 is 2.50 bits per heavy atom. The zero-order valence-electron chi connectivity index (χ0n) is 15.5. The minimum Gasteiger partial charge on any atom is -0.497 e. The zero-order chi connectivity index (χ0) is 19.3. The van der Waals surface area contributed by atoms with Crippen molar-refractivity contribution < 1.29 is 9.53 Å². The molecule has 1 aliphatic heterocycles. The van der Waals surface area contributed by atoms with E-state index in [1.165, 1.54) is 0 Å². The molecule has 1 saturated heterocycles. The molecule has 0 saturated carbocycles. The van der Waals surface area contributed by atoms with Gasteiger partial charge < -0.3 is 19.9 Å². The Labute approximate surface area is 162 Å². The van der Waals surface area contributed by atoms with Gasteiger partial charge in [0.15, 0.2) is 0 Å². The standard InChI is InChI=1S/C19H21N7O2/c1-28-16-4-2-15(3-5-16)23-19(27)25-10-8-24(9-11-25)17-12-18(22-13-21-17)26-7-6-20-14-26/h2-7,12-14H,8-11H2,1H3,(H,23,27). The summed E-state index contributed by atoms with van der Waals surface area (Å²) in [5, 5.41) is 2.92. The molecule has 3 aromatic rings. The smallest absolute Gasteiger partial charge is 0.321 e. The second kappa shape index (κ2) is 7.95. The maximum Gasteiger partial charge on any atom is 0.321 e. The predicted octanol–water partition coefficient (Wildman–Crippen LogP) is 2.02. The van der Waals surface area contributed by atoms with Crippen LogP contribution in [-0.4, -0.2) is 63.7 Å². The van der Waals surface area contributed by atoms with E-state index in [9.17, 15) is 4.79 Å². The van der Waals surface area contributed by atoms with E-state index >= 15 is 0 Å². The van der Waals surface area contributed by atoms with E-state index in [1.54, 1.807) is 30.9 Å². The first-order chi connectivity index (χ1) is 13.7. The molecule has 0 atom stereocenters. The first-order valence-corrected chi connectivity index (χ1v) is 8.98. The summed E-state index contributed by atoms with van der Waals surface area (Å²) in [6.45, 7) is 2.64. The number of nitrogens with one attached hydrogen (secondary N) is 1. The largest absolute Gasteiger partial charge is 0.497 e. The van der Waals surface area contributed by atoms with Crippen LogP contribution >= 0.6 is 0 Å². The van der Waals surface area contributed by atoms with Gasteiger partial charge in [-0.3, -0.25) is 4.57 Å². The number of carbonyl (C=O) groups excluding carboxylic acids is 1. The van der Waals surface area contributed by atoms with Gasteiger partial charge in [0.25, 0.3) is 0 Å². The normalized spacial score (nSPS) is 14.0. The summed E-state index contributed by atoms with van der Waals surface area (Å²) in [5.41, 5.74) is 0.744. The summed E-state index contributed by atoms with van der Waals surface area (Å²) >= 11 is 0. The van der Waals surface area contributed by atoms with Gasteiger partial charge in [0.2, 0.25) is 0 Å². The molecule has 2 aromatic heterocycles. The molecule has 4 rings (SSSR count). The van der Waals surface area contributed by atoms with Crippen LogP contribution < -0.4 is 15.0 Å². The third kappa shape index (κ3) is 3.88. The highest BCUT2D eigenvalue weighted by molar-refractivity contribution is 5.89. The number of piperazine rings is 1. The molecule has 0 unspecified atom stereocenters. The molecule has 0 spiro atoms. The highest BCUT2D eigenvalue weighted by Crippen LogP contribution is 2.18. The van der Waals surface area contributed by atoms with Gasteiger partial charge in [-0.1, -0.05) is 0 Å². The van der Waals surface area contributed by atoms with E-state index < -0.39 is 0 Å². The number of urea groups is 1. The van der Waals surface area contributed by atoms with Crippen LogP contribution in [0.15, 0.2) is 55.4 Å². The van der Waals surface area contributed by atoms with Crippen LogP contribution in [0.1, 0.15) is 0 Å². The fourth-order valence-corrected chi connectivity index (χ4v) is 3.06. The highest BCUT2D eigenvalue weighted by Gasteiger charge is 2.22. The lowest BCUT2D eigenvalue weighted by molar-refractivity contribution is 0.208. The maximum atomic E-state index is 12.5. The van der Waals surface area contributed by atoms with Crippen molar-refractivity contribution in [3.05, 3.63) is 55.4 Å². The second-order valence-electron chi connectivity index (χ2n) is 6.34. The van der Waals surface area contributed by atoms with Crippen molar-refractivity contribution in [1.29, 1.82) is 0 Å². The van der Waals surface area contributed by atoms with Crippen molar-refractivity contribution in [3.8, 4) is 11.6 Å². The number of imidazole rings is 1. The molecule has 3 heterocycles. The molecule has 9 nitrogen and oxygen atoms in total. The average molecular weight is 379 g/mol. The van der Waals surface area contributed by atoms with Crippen LogP contribution in [0.4, 0.5) is 16.3 Å². The quantitative estimate of drug-likeness (QED) is 0.746. The SMILES string of the molecule is COc1ccc(NC(=O)N2CCN(c3cc(-n4ccnc4)ncn3)CC2)cc1. The number of rotatable bonds is 4. The number of amides is 2. The van der Waals surface area contributed by atoms with Gasteiger partial charge in [-0.15, -0.1) is 0 Å². The number of hydrogen-bond donors (Lipinski definition) is 1. The Kier molecular flexibility index (Phi) is 5.05. The maximum absolute atomic E-state index is 12.5. The van der Waals surface area contributed by atoms with Crippen LogP contribution in [0.2, 0.25) is 0 Å². The Bertz CT molecular complexity index is 920. The van der Waals surface area contributed by atoms with Crippen molar-refractivity contribution in [2.75, 3.05) is 43.5 Å². The first-order valence-electron chi connectivity index (χ1n) is 8.98. The number of anilines is 2. The van der Waals surface area contributed by atoms with E-state index in [0.29, 0.717) is 26.2 Å². The van der Waals surface area contributed by atoms with E-state index in [4.69, 9.17) is 4.74 Å². The molecule has 144 valence electrons. The number of carbonyl (C=O) groups is 1. The van der Waals surface area contributed by atoms with Crippen LogP contribution in [-0.2, 0) is 0 Å². The molecule has 1 fully saturated rings. The fourth-order valence-electron chi connectivity index (χ4n) is 3.06. The Morgan fingerprint density at radius 1 is 1.07 bits per heavy atom. The van der Waals surface area contributed by atoms with E-state index in [1.807, 2.05) is 41.1 Å². The summed E-state index contributed by atoms with van der Waals surface area (Å²) in [6.07, 6.45) is 6.80. The number of benzene rings is 1. The zero-order valence-corrected chi connectivity index (χ0v) is 15.5. The lowest BCUT2D eigenvalue weighted by Gasteiger charge is -2.35. The molecular formula is C19H21N7O2. The van der Waals surface area contributed by atoms with Gasteiger partial charge in [0.1, 0.15) is 30.0 Å². The number of ether oxygens (including phenoxy) is 1. The predicted molar refractivity (Wildman–Crippen MR) is 105 cm³/mol. The molecule has 1 N–H and O–H groups in total. The molecule has 1 aliphatic rings. The number of nitrogens with zero attached hydrogens (tertiary/aromatic N) is 6. The fraction of sp³-hybridized carbons (Fsp3) is 0.263. The van der Waals surface area contributed by atoms with Crippen molar-refractivity contribution in [2.45, 2.75) is 0 Å². The minimum absolute atomic E-state index is 0.105. The molecule has 9 heteroatoms. The molecule has 2 amide bonds. The minimum atomic E-state index is -0.105. The summed E-state index contributed by atoms with van der Waals surface area (Å²) in [7, 11) is 1.61. The van der Waals surface area contributed by atoms with Gasteiger partial charge in [-0.25, -0.2) is 19.7 Å². The van der Waals surface area contributed by atoms with Crippen LogP contribution in [0.5, 0.6) is 5.75 Å². The topological polar surface area (TPSA) is 88.4 Å². The number of methoxy groups -OCH3 is 1. The molecule has 0 bridgehead atoms. The summed E-state index contributed by atoms with van der Waals surface area (Å²) < 4.78 is 6.97. The van der Waals surface area contributed by atoms with Gasteiger partial charge in [-0.05, 0) is 24.3 Å². The van der Waals surface area contributed by atoms with E-state index in [-0.39, 0.29) is 6.03 Å². The van der Waals surface area contributed by atoms with Gasteiger partial charge in [0, 0.05) is 50.3 Å². The molecular weight excluding hydrogens is 358 g/mol. The van der Waals surface area contributed by atoms with Crippen molar-refractivity contribution in [3.63, 3.8) is 0 Å². The third-order valence-corrected chi connectivity index (χ3v) is 4.64. The number of hydrogen-bond acceptors (Lipinski definition) is 6. The van der Waals surface area contributed by atoms with Crippen molar-refractivity contribution >= 4 is 17.5 Å². The lowest BCUT2D eigenvalue weighted by atomic mass is 10.3. The molecule has 1 aromatic carbocycles. The molecule has 0 aliphatic carbocycles. The van der Waals surface area contributed by atoms with E-state index in [0.717, 1.165) is 23.1 Å². The van der Waals surface area contributed by atoms with Crippen LogP contribution in [0.25, 0.3) is 5.82 Å². The monoisotopic (exact) mass is 379 g/mol. The Balaban J connectivity index is 1.35. The summed E-state index contributed by atoms with van der Waals surface area (Å²) in [6, 6.07) is 9.11. The Hall–Kier alpha value is -3.62.